The maximum absolute atomic E-state index is 13.3. The molecule has 2 rings (SSSR count). The van der Waals surface area contributed by atoms with Crippen LogP contribution in [0.15, 0.2) is 42.7 Å². The van der Waals surface area contributed by atoms with E-state index < -0.39 is 23.9 Å². The van der Waals surface area contributed by atoms with E-state index >= 15 is 0 Å². The molecule has 6 heteroatoms. The summed E-state index contributed by atoms with van der Waals surface area (Å²) < 4.78 is 49.5. The Hall–Kier alpha value is -2.24. The van der Waals surface area contributed by atoms with Gasteiger partial charge < -0.3 is 0 Å². The zero-order valence-electron chi connectivity index (χ0n) is 11.9. The molecule has 0 aliphatic carbocycles. The minimum absolute atomic E-state index is 0.457. The molecule has 0 unspecified atom stereocenters. The van der Waals surface area contributed by atoms with Gasteiger partial charge in [-0.05, 0) is 17.5 Å². The van der Waals surface area contributed by atoms with Crippen LogP contribution < -0.4 is 0 Å². The largest absolute Gasteiger partial charge is 0.412 e. The molecule has 22 heavy (non-hydrogen) atoms. The zero-order chi connectivity index (χ0) is 16.2. The van der Waals surface area contributed by atoms with Gasteiger partial charge in [-0.2, -0.15) is 13.2 Å². The second kappa shape index (κ2) is 6.68. The highest BCUT2D eigenvalue weighted by Gasteiger charge is 2.26. The molecule has 2 nitrogen and oxygen atoms in total. The number of nitrogens with zero attached hydrogens (tertiary/aromatic N) is 2. The van der Waals surface area contributed by atoms with Gasteiger partial charge in [0.2, 0.25) is 0 Å². The van der Waals surface area contributed by atoms with Gasteiger partial charge >= 0.3 is 6.18 Å². The van der Waals surface area contributed by atoms with E-state index in [0.29, 0.717) is 5.56 Å². The van der Waals surface area contributed by atoms with E-state index in [1.807, 2.05) is 24.3 Å². The number of hydrogen-bond acceptors (Lipinski definition) is 2. The van der Waals surface area contributed by atoms with Crippen LogP contribution in [-0.4, -0.2) is 16.1 Å². The number of rotatable bonds is 4. The van der Waals surface area contributed by atoms with Crippen molar-refractivity contribution >= 4 is 5.83 Å². The predicted molar refractivity (Wildman–Crippen MR) is 76.6 cm³/mol. The lowest BCUT2D eigenvalue weighted by atomic mass is 10.0. The first-order valence-corrected chi connectivity index (χ1v) is 6.76. The molecule has 0 N–H and O–H groups in total. The van der Waals surface area contributed by atoms with Crippen molar-refractivity contribution in [1.82, 2.24) is 9.97 Å². The van der Waals surface area contributed by atoms with E-state index in [4.69, 9.17) is 0 Å². The lowest BCUT2D eigenvalue weighted by Crippen LogP contribution is -2.03. The van der Waals surface area contributed by atoms with Crippen molar-refractivity contribution in [3.05, 3.63) is 54.1 Å². The summed E-state index contributed by atoms with van der Waals surface area (Å²) >= 11 is 0. The van der Waals surface area contributed by atoms with Gasteiger partial charge in [0.15, 0.2) is 11.7 Å². The quantitative estimate of drug-likeness (QED) is 0.745. The number of aryl methyl sites for hydroxylation is 1. The minimum atomic E-state index is -4.73. The normalized spacial score (nSPS) is 12.5. The Bertz CT molecular complexity index is 643. The summed E-state index contributed by atoms with van der Waals surface area (Å²) in [5, 5.41) is 0. The van der Waals surface area contributed by atoms with Gasteiger partial charge in [-0.25, -0.2) is 14.4 Å². The highest BCUT2D eigenvalue weighted by Crippen LogP contribution is 2.24. The van der Waals surface area contributed by atoms with Crippen molar-refractivity contribution in [1.29, 1.82) is 0 Å². The van der Waals surface area contributed by atoms with Crippen LogP contribution in [0.4, 0.5) is 17.6 Å². The molecule has 0 saturated carbocycles. The molecule has 1 aromatic carbocycles. The van der Waals surface area contributed by atoms with Crippen LogP contribution in [0.1, 0.15) is 24.7 Å². The molecular formula is C16H14F4N2. The number of alkyl halides is 3. The molecule has 0 aliphatic heterocycles. The number of aromatic nitrogens is 2. The molecule has 0 saturated heterocycles. The van der Waals surface area contributed by atoms with Gasteiger partial charge in [0.05, 0.1) is 6.08 Å². The van der Waals surface area contributed by atoms with Gasteiger partial charge in [0.1, 0.15) is 0 Å². The van der Waals surface area contributed by atoms with Crippen LogP contribution in [0.25, 0.3) is 17.0 Å². The fraction of sp³-hybridized carbons (Fsp3) is 0.250. The summed E-state index contributed by atoms with van der Waals surface area (Å²) in [6, 6.07) is 7.70. The second-order valence-corrected chi connectivity index (χ2v) is 4.78. The number of halogens is 4. The molecule has 0 atom stereocenters. The van der Waals surface area contributed by atoms with Crippen LogP contribution in [0.5, 0.6) is 0 Å². The van der Waals surface area contributed by atoms with Crippen molar-refractivity contribution in [2.45, 2.75) is 25.9 Å². The number of benzene rings is 1. The second-order valence-electron chi connectivity index (χ2n) is 4.78. The van der Waals surface area contributed by atoms with E-state index in [0.717, 1.165) is 18.4 Å². The van der Waals surface area contributed by atoms with Crippen LogP contribution in [-0.2, 0) is 6.42 Å². The molecule has 0 bridgehead atoms. The Kier molecular flexibility index (Phi) is 4.90. The van der Waals surface area contributed by atoms with Gasteiger partial charge in [-0.15, -0.1) is 0 Å². The fourth-order valence-electron chi connectivity index (χ4n) is 1.96. The Labute approximate surface area is 125 Å². The Morgan fingerprint density at radius 3 is 2.14 bits per heavy atom. The Morgan fingerprint density at radius 2 is 1.64 bits per heavy atom. The monoisotopic (exact) mass is 310 g/mol. The molecular weight excluding hydrogens is 296 g/mol. The summed E-state index contributed by atoms with van der Waals surface area (Å²) in [5.41, 5.74) is 2.64. The summed E-state index contributed by atoms with van der Waals surface area (Å²) in [7, 11) is 0. The third kappa shape index (κ3) is 4.38. The molecule has 0 amide bonds. The Morgan fingerprint density at radius 1 is 1.05 bits per heavy atom. The van der Waals surface area contributed by atoms with Crippen molar-refractivity contribution in [3.63, 3.8) is 0 Å². The van der Waals surface area contributed by atoms with E-state index in [9.17, 15) is 17.6 Å². The van der Waals surface area contributed by atoms with Crippen molar-refractivity contribution in [3.8, 4) is 11.1 Å². The maximum Gasteiger partial charge on any atom is 0.412 e. The van der Waals surface area contributed by atoms with Gasteiger partial charge in [-0.3, -0.25) is 0 Å². The van der Waals surface area contributed by atoms with E-state index in [1.54, 1.807) is 0 Å². The molecule has 1 aromatic heterocycles. The highest BCUT2D eigenvalue weighted by molar-refractivity contribution is 5.63. The summed E-state index contributed by atoms with van der Waals surface area (Å²) in [5.74, 6) is -2.08. The van der Waals surface area contributed by atoms with Crippen LogP contribution in [0, 0.1) is 0 Å². The lowest BCUT2D eigenvalue weighted by molar-refractivity contribution is -0.0798. The third-order valence-electron chi connectivity index (χ3n) is 2.98. The molecule has 1 heterocycles. The zero-order valence-corrected chi connectivity index (χ0v) is 11.9. The standard InChI is InChI=1S/C16H14F4N2/c1-2-3-11-4-6-12(7-5-11)13-9-21-15(22-10-13)14(17)8-16(18,19)20/h4-10H,2-3H2,1H3/b14-8-. The molecule has 0 radical (unpaired) electrons. The van der Waals surface area contributed by atoms with E-state index in [-0.39, 0.29) is 0 Å². The predicted octanol–water partition coefficient (Wildman–Crippen LogP) is 4.97. The smallest absolute Gasteiger partial charge is 0.234 e. The molecule has 116 valence electrons. The topological polar surface area (TPSA) is 25.8 Å². The van der Waals surface area contributed by atoms with Crippen molar-refractivity contribution in [2.24, 2.45) is 0 Å². The SMILES string of the molecule is CCCc1ccc(-c2cnc(/C(F)=C/C(F)(F)F)nc2)cc1. The molecule has 0 aliphatic rings. The van der Waals surface area contributed by atoms with E-state index in [1.165, 1.54) is 18.0 Å². The first-order chi connectivity index (χ1) is 10.4. The van der Waals surface area contributed by atoms with Crippen LogP contribution >= 0.6 is 0 Å². The summed E-state index contributed by atoms with van der Waals surface area (Å²) in [4.78, 5) is 7.29. The first kappa shape index (κ1) is 16.1. The van der Waals surface area contributed by atoms with E-state index in [2.05, 4.69) is 16.9 Å². The average molecular weight is 310 g/mol. The summed E-state index contributed by atoms with van der Waals surface area (Å²) in [6.07, 6.45) is -0.560. The van der Waals surface area contributed by atoms with Crippen molar-refractivity contribution in [2.75, 3.05) is 0 Å². The number of hydrogen-bond donors (Lipinski definition) is 0. The van der Waals surface area contributed by atoms with Gasteiger partial charge in [0, 0.05) is 18.0 Å². The minimum Gasteiger partial charge on any atom is -0.234 e. The van der Waals surface area contributed by atoms with Crippen LogP contribution in [0.2, 0.25) is 0 Å². The maximum atomic E-state index is 13.3. The molecule has 2 aromatic rings. The van der Waals surface area contributed by atoms with Gasteiger partial charge in [-0.1, -0.05) is 37.6 Å². The number of allylic oxidation sites excluding steroid dienone is 1. The van der Waals surface area contributed by atoms with Crippen LogP contribution in [0.3, 0.4) is 0 Å². The van der Waals surface area contributed by atoms with Crippen molar-refractivity contribution < 1.29 is 17.6 Å². The fourth-order valence-corrected chi connectivity index (χ4v) is 1.96. The summed E-state index contributed by atoms with van der Waals surface area (Å²) in [6.45, 7) is 2.09. The van der Waals surface area contributed by atoms with Gasteiger partial charge in [0.25, 0.3) is 0 Å². The lowest BCUT2D eigenvalue weighted by Gasteiger charge is -2.04. The Balaban J connectivity index is 2.20. The third-order valence-corrected chi connectivity index (χ3v) is 2.98. The average Bonchev–Trinajstić information content (AvgIpc) is 2.47. The highest BCUT2D eigenvalue weighted by atomic mass is 19.4. The molecule has 0 fully saturated rings. The first-order valence-electron chi connectivity index (χ1n) is 6.76. The molecule has 0 spiro atoms.